The van der Waals surface area contributed by atoms with Gasteiger partial charge < -0.3 is 10.1 Å². The average molecular weight is 240 g/mol. The minimum absolute atomic E-state index is 0.263. The first kappa shape index (κ1) is 11.7. The highest BCUT2D eigenvalue weighted by Crippen LogP contribution is 2.27. The third kappa shape index (κ3) is 2.89. The largest absolute Gasteiger partial charge is 0.488 e. The van der Waals surface area contributed by atoms with Gasteiger partial charge in [0.2, 0.25) is 0 Å². The van der Waals surface area contributed by atoms with Gasteiger partial charge in [-0.15, -0.1) is 0 Å². The van der Waals surface area contributed by atoms with Gasteiger partial charge in [-0.05, 0) is 43.5 Å². The number of benzene rings is 1. The summed E-state index contributed by atoms with van der Waals surface area (Å²) < 4.78 is 5.89. The van der Waals surface area contributed by atoms with Gasteiger partial charge in [0.1, 0.15) is 11.9 Å². The van der Waals surface area contributed by atoms with Crippen molar-refractivity contribution in [2.45, 2.75) is 32.3 Å². The minimum atomic E-state index is 0.263. The molecule has 1 N–H and O–H groups in total. The summed E-state index contributed by atoms with van der Waals surface area (Å²) in [6.45, 7) is 4.14. The zero-order chi connectivity index (χ0) is 11.4. The number of piperidine rings is 1. The molecule has 0 aliphatic carbocycles. The fraction of sp³-hybridized carbons (Fsp3) is 0.538. The highest BCUT2D eigenvalue weighted by Gasteiger charge is 2.15. The molecular formula is C13H18ClNO. The van der Waals surface area contributed by atoms with Crippen LogP contribution in [-0.2, 0) is 6.42 Å². The molecule has 88 valence electrons. The van der Waals surface area contributed by atoms with Crippen LogP contribution < -0.4 is 10.1 Å². The molecule has 3 heteroatoms. The van der Waals surface area contributed by atoms with E-state index >= 15 is 0 Å². The molecule has 0 bridgehead atoms. The van der Waals surface area contributed by atoms with Gasteiger partial charge in [0.15, 0.2) is 0 Å². The summed E-state index contributed by atoms with van der Waals surface area (Å²) in [6, 6.07) is 6.06. The van der Waals surface area contributed by atoms with Gasteiger partial charge in [-0.1, -0.05) is 24.6 Å². The molecule has 2 nitrogen and oxygen atoms in total. The van der Waals surface area contributed by atoms with E-state index in [2.05, 4.69) is 18.3 Å². The number of halogens is 1. The van der Waals surface area contributed by atoms with E-state index < -0.39 is 0 Å². The first-order valence-corrected chi connectivity index (χ1v) is 6.33. The maximum absolute atomic E-state index is 6.18. The van der Waals surface area contributed by atoms with Crippen LogP contribution in [0.4, 0.5) is 0 Å². The Kier molecular flexibility index (Phi) is 4.08. The standard InChI is InChI=1S/C13H18ClNO/c1-2-10-5-6-13(12(14)8-10)16-11-4-3-7-15-9-11/h5-6,8,11,15H,2-4,7,9H2,1H3. The van der Waals surface area contributed by atoms with E-state index in [1.165, 1.54) is 12.0 Å². The second-order valence-electron chi connectivity index (χ2n) is 4.20. The van der Waals surface area contributed by atoms with Crippen molar-refractivity contribution >= 4 is 11.6 Å². The Bertz CT molecular complexity index is 348. The second kappa shape index (κ2) is 5.55. The Morgan fingerprint density at radius 2 is 2.38 bits per heavy atom. The molecule has 0 amide bonds. The predicted octanol–water partition coefficient (Wildman–Crippen LogP) is 3.03. The zero-order valence-corrected chi connectivity index (χ0v) is 10.4. The maximum Gasteiger partial charge on any atom is 0.138 e. The number of ether oxygens (including phenoxy) is 1. The van der Waals surface area contributed by atoms with Crippen molar-refractivity contribution in [1.82, 2.24) is 5.32 Å². The number of aryl methyl sites for hydroxylation is 1. The number of hydrogen-bond acceptors (Lipinski definition) is 2. The van der Waals surface area contributed by atoms with Gasteiger partial charge >= 0.3 is 0 Å². The van der Waals surface area contributed by atoms with E-state index in [1.54, 1.807) is 0 Å². The van der Waals surface area contributed by atoms with Gasteiger partial charge in [-0.2, -0.15) is 0 Å². The van der Waals surface area contributed by atoms with E-state index in [-0.39, 0.29) is 6.10 Å². The molecule has 0 spiro atoms. The number of hydrogen-bond donors (Lipinski definition) is 1. The van der Waals surface area contributed by atoms with E-state index in [0.29, 0.717) is 0 Å². The molecular weight excluding hydrogens is 222 g/mol. The van der Waals surface area contributed by atoms with Crippen LogP contribution in [-0.4, -0.2) is 19.2 Å². The van der Waals surface area contributed by atoms with Gasteiger partial charge in [-0.25, -0.2) is 0 Å². The summed E-state index contributed by atoms with van der Waals surface area (Å²) in [4.78, 5) is 0. The maximum atomic E-state index is 6.18. The fourth-order valence-electron chi connectivity index (χ4n) is 1.96. The van der Waals surface area contributed by atoms with Crippen molar-refractivity contribution in [3.05, 3.63) is 28.8 Å². The minimum Gasteiger partial charge on any atom is -0.488 e. The van der Waals surface area contributed by atoms with Crippen LogP contribution in [0.5, 0.6) is 5.75 Å². The summed E-state index contributed by atoms with van der Waals surface area (Å²) in [5.74, 6) is 0.813. The Labute approximate surface area is 102 Å². The molecule has 1 aromatic carbocycles. The van der Waals surface area contributed by atoms with Crippen molar-refractivity contribution < 1.29 is 4.74 Å². The van der Waals surface area contributed by atoms with Crippen LogP contribution in [0.25, 0.3) is 0 Å². The molecule has 1 aliphatic rings. The molecule has 1 unspecified atom stereocenters. The third-order valence-electron chi connectivity index (χ3n) is 2.95. The van der Waals surface area contributed by atoms with Crippen molar-refractivity contribution in [1.29, 1.82) is 0 Å². The van der Waals surface area contributed by atoms with E-state index in [1.807, 2.05) is 12.1 Å². The van der Waals surface area contributed by atoms with Crippen LogP contribution in [0.1, 0.15) is 25.3 Å². The first-order chi connectivity index (χ1) is 7.79. The molecule has 1 aliphatic heterocycles. The molecule has 0 aromatic heterocycles. The lowest BCUT2D eigenvalue weighted by Gasteiger charge is -2.24. The molecule has 1 heterocycles. The van der Waals surface area contributed by atoms with Crippen LogP contribution >= 0.6 is 11.6 Å². The Hall–Kier alpha value is -0.730. The van der Waals surface area contributed by atoms with Gasteiger partial charge in [-0.3, -0.25) is 0 Å². The third-order valence-corrected chi connectivity index (χ3v) is 3.25. The summed E-state index contributed by atoms with van der Waals surface area (Å²) >= 11 is 6.18. The molecule has 1 atom stereocenters. The van der Waals surface area contributed by atoms with Crippen LogP contribution in [0.15, 0.2) is 18.2 Å². The van der Waals surface area contributed by atoms with E-state index in [0.717, 1.165) is 36.7 Å². The summed E-state index contributed by atoms with van der Waals surface area (Å²) in [5.41, 5.74) is 1.25. The SMILES string of the molecule is CCc1ccc(OC2CCCNC2)c(Cl)c1. The zero-order valence-electron chi connectivity index (χ0n) is 9.63. The first-order valence-electron chi connectivity index (χ1n) is 5.95. The van der Waals surface area contributed by atoms with Gasteiger partial charge in [0.25, 0.3) is 0 Å². The Morgan fingerprint density at radius 1 is 1.50 bits per heavy atom. The second-order valence-corrected chi connectivity index (χ2v) is 4.61. The Morgan fingerprint density at radius 3 is 3.00 bits per heavy atom. The average Bonchev–Trinajstić information content (AvgIpc) is 2.33. The molecule has 1 aromatic rings. The predicted molar refractivity (Wildman–Crippen MR) is 67.3 cm³/mol. The van der Waals surface area contributed by atoms with Crippen molar-refractivity contribution in [3.63, 3.8) is 0 Å². The number of nitrogens with one attached hydrogen (secondary N) is 1. The van der Waals surface area contributed by atoms with Crippen molar-refractivity contribution in [2.24, 2.45) is 0 Å². The van der Waals surface area contributed by atoms with E-state index in [9.17, 15) is 0 Å². The lowest BCUT2D eigenvalue weighted by molar-refractivity contribution is 0.167. The fourth-order valence-corrected chi connectivity index (χ4v) is 2.21. The lowest BCUT2D eigenvalue weighted by Crippen LogP contribution is -2.37. The highest BCUT2D eigenvalue weighted by atomic mass is 35.5. The van der Waals surface area contributed by atoms with Crippen LogP contribution in [0, 0.1) is 0 Å². The number of rotatable bonds is 3. The summed E-state index contributed by atoms with van der Waals surface area (Å²) in [7, 11) is 0. The topological polar surface area (TPSA) is 21.3 Å². The lowest BCUT2D eigenvalue weighted by atomic mass is 10.1. The normalized spacial score (nSPS) is 20.8. The molecule has 2 rings (SSSR count). The molecule has 0 radical (unpaired) electrons. The van der Waals surface area contributed by atoms with Crippen molar-refractivity contribution in [3.8, 4) is 5.75 Å². The van der Waals surface area contributed by atoms with Crippen molar-refractivity contribution in [2.75, 3.05) is 13.1 Å². The summed E-state index contributed by atoms with van der Waals surface area (Å²) in [6.07, 6.45) is 3.55. The molecule has 1 saturated heterocycles. The quantitative estimate of drug-likeness (QED) is 0.876. The summed E-state index contributed by atoms with van der Waals surface area (Å²) in [5, 5.41) is 4.06. The van der Waals surface area contributed by atoms with E-state index in [4.69, 9.17) is 16.3 Å². The van der Waals surface area contributed by atoms with Crippen LogP contribution in [0.2, 0.25) is 5.02 Å². The van der Waals surface area contributed by atoms with Gasteiger partial charge in [0.05, 0.1) is 5.02 Å². The molecule has 1 fully saturated rings. The van der Waals surface area contributed by atoms with Gasteiger partial charge in [0, 0.05) is 6.54 Å². The highest BCUT2D eigenvalue weighted by molar-refractivity contribution is 6.32. The smallest absolute Gasteiger partial charge is 0.138 e. The molecule has 0 saturated carbocycles. The Balaban J connectivity index is 2.03. The van der Waals surface area contributed by atoms with Crippen LogP contribution in [0.3, 0.4) is 0 Å². The molecule has 16 heavy (non-hydrogen) atoms. The monoisotopic (exact) mass is 239 g/mol.